The molecule has 4 nitrogen and oxygen atoms in total. The first kappa shape index (κ1) is 18.1. The average Bonchev–Trinajstić information content (AvgIpc) is 2.85. The smallest absolute Gasteiger partial charge is 0.352 e. The highest BCUT2D eigenvalue weighted by atomic mass is 32.1. The van der Waals surface area contributed by atoms with Crippen LogP contribution in [0.1, 0.15) is 21.1 Å². The molecule has 1 fully saturated rings. The zero-order chi connectivity index (χ0) is 18.2. The minimum Gasteiger partial charge on any atom is -0.352 e. The second-order valence-electron chi connectivity index (χ2n) is 6.03. The zero-order valence-electron chi connectivity index (χ0n) is 13.9. The van der Waals surface area contributed by atoms with E-state index in [2.05, 4.69) is 14.9 Å². The van der Waals surface area contributed by atoms with Gasteiger partial charge in [-0.05, 0) is 19.9 Å². The molecule has 3 rings (SSSR count). The first-order chi connectivity index (χ1) is 11.7. The molecule has 0 saturated carbocycles. The molecule has 1 aliphatic heterocycles. The van der Waals surface area contributed by atoms with E-state index in [0.717, 1.165) is 17.2 Å². The summed E-state index contributed by atoms with van der Waals surface area (Å²) < 4.78 is 51.9. The lowest BCUT2D eigenvalue weighted by molar-refractivity contribution is -0.138. The summed E-state index contributed by atoms with van der Waals surface area (Å²) in [4.78, 5) is 13.2. The van der Waals surface area contributed by atoms with Crippen LogP contribution in [0.3, 0.4) is 0 Å². The number of nitrogens with zero attached hydrogens (tertiary/aromatic N) is 4. The van der Waals surface area contributed by atoms with Gasteiger partial charge in [0.2, 0.25) is 0 Å². The molecule has 136 valence electrons. The standard InChI is InChI=1S/C16H18F4N4S/c1-10-14(25-11(2)22-10)9-23-3-5-24(6-4-23)15-13(17)7-12(8-21-15)16(18,19)20/h7-8H,3-6,9H2,1-2H3. The molecule has 1 aliphatic rings. The van der Waals surface area contributed by atoms with Crippen LogP contribution in [0.2, 0.25) is 0 Å². The molecule has 1 saturated heterocycles. The summed E-state index contributed by atoms with van der Waals surface area (Å²) in [7, 11) is 0. The monoisotopic (exact) mass is 374 g/mol. The van der Waals surface area contributed by atoms with Crippen LogP contribution in [-0.2, 0) is 12.7 Å². The van der Waals surface area contributed by atoms with Crippen molar-refractivity contribution in [2.75, 3.05) is 31.1 Å². The Morgan fingerprint density at radius 2 is 1.84 bits per heavy atom. The molecule has 0 aromatic carbocycles. The lowest BCUT2D eigenvalue weighted by Gasteiger charge is -2.35. The quantitative estimate of drug-likeness (QED) is 0.768. The molecule has 0 unspecified atom stereocenters. The van der Waals surface area contributed by atoms with E-state index in [-0.39, 0.29) is 5.82 Å². The maximum absolute atomic E-state index is 14.0. The second-order valence-corrected chi connectivity index (χ2v) is 7.32. The van der Waals surface area contributed by atoms with Gasteiger partial charge < -0.3 is 4.90 Å². The minimum absolute atomic E-state index is 0.0162. The highest BCUT2D eigenvalue weighted by Crippen LogP contribution is 2.31. The van der Waals surface area contributed by atoms with Crippen molar-refractivity contribution in [2.24, 2.45) is 0 Å². The summed E-state index contributed by atoms with van der Waals surface area (Å²) in [6.45, 7) is 7.16. The fourth-order valence-corrected chi connectivity index (χ4v) is 3.84. The maximum Gasteiger partial charge on any atom is 0.417 e. The fraction of sp³-hybridized carbons (Fsp3) is 0.500. The molecule has 9 heteroatoms. The molecular weight excluding hydrogens is 356 g/mol. The van der Waals surface area contributed by atoms with Crippen molar-refractivity contribution in [1.82, 2.24) is 14.9 Å². The van der Waals surface area contributed by atoms with Crippen molar-refractivity contribution < 1.29 is 17.6 Å². The summed E-state index contributed by atoms with van der Waals surface area (Å²) in [5.74, 6) is -0.949. The topological polar surface area (TPSA) is 32.3 Å². The Labute approximate surface area is 147 Å². The number of alkyl halides is 3. The van der Waals surface area contributed by atoms with Crippen LogP contribution in [-0.4, -0.2) is 41.0 Å². The second kappa shape index (κ2) is 6.87. The number of hydrogen-bond donors (Lipinski definition) is 0. The number of halogens is 4. The lowest BCUT2D eigenvalue weighted by atomic mass is 10.2. The zero-order valence-corrected chi connectivity index (χ0v) is 14.7. The molecule has 25 heavy (non-hydrogen) atoms. The van der Waals surface area contributed by atoms with E-state index >= 15 is 0 Å². The third kappa shape index (κ3) is 4.09. The Morgan fingerprint density at radius 3 is 2.36 bits per heavy atom. The third-order valence-electron chi connectivity index (χ3n) is 4.19. The minimum atomic E-state index is -4.59. The first-order valence-electron chi connectivity index (χ1n) is 7.87. The van der Waals surface area contributed by atoms with Crippen molar-refractivity contribution in [3.05, 3.63) is 39.2 Å². The molecule has 2 aromatic heterocycles. The van der Waals surface area contributed by atoms with Crippen molar-refractivity contribution in [3.63, 3.8) is 0 Å². The SMILES string of the molecule is Cc1nc(C)c(CN2CCN(c3ncc(C(F)(F)F)cc3F)CC2)s1. The summed E-state index contributed by atoms with van der Waals surface area (Å²) in [5.41, 5.74) is -0.0381. The molecule has 0 amide bonds. The molecule has 2 aromatic rings. The maximum atomic E-state index is 14.0. The number of aromatic nitrogens is 2. The van der Waals surface area contributed by atoms with Crippen molar-refractivity contribution in [3.8, 4) is 0 Å². The van der Waals surface area contributed by atoms with Crippen LogP contribution in [0, 0.1) is 19.7 Å². The molecule has 0 aliphatic carbocycles. The van der Waals surface area contributed by atoms with E-state index in [1.807, 2.05) is 13.8 Å². The van der Waals surface area contributed by atoms with Gasteiger partial charge in [0.15, 0.2) is 11.6 Å². The molecule has 0 bridgehead atoms. The van der Waals surface area contributed by atoms with Gasteiger partial charge >= 0.3 is 6.18 Å². The van der Waals surface area contributed by atoms with Gasteiger partial charge in [-0.3, -0.25) is 4.90 Å². The number of hydrogen-bond acceptors (Lipinski definition) is 5. The predicted molar refractivity (Wildman–Crippen MR) is 88.3 cm³/mol. The number of piperazine rings is 1. The summed E-state index contributed by atoms with van der Waals surface area (Å²) in [6.07, 6.45) is -3.90. The van der Waals surface area contributed by atoms with Gasteiger partial charge in [0.1, 0.15) is 0 Å². The Balaban J connectivity index is 1.63. The van der Waals surface area contributed by atoms with Crippen molar-refractivity contribution in [1.29, 1.82) is 0 Å². The lowest BCUT2D eigenvalue weighted by Crippen LogP contribution is -2.46. The fourth-order valence-electron chi connectivity index (χ4n) is 2.86. The van der Waals surface area contributed by atoms with E-state index in [4.69, 9.17) is 0 Å². The van der Waals surface area contributed by atoms with Crippen LogP contribution < -0.4 is 4.90 Å². The van der Waals surface area contributed by atoms with Gasteiger partial charge in [0, 0.05) is 43.8 Å². The molecule has 0 radical (unpaired) electrons. The molecule has 3 heterocycles. The summed E-state index contributed by atoms with van der Waals surface area (Å²) in [6, 6.07) is 0.512. The van der Waals surface area contributed by atoms with Gasteiger partial charge in [0.25, 0.3) is 0 Å². The van der Waals surface area contributed by atoms with Crippen molar-refractivity contribution >= 4 is 17.2 Å². The van der Waals surface area contributed by atoms with E-state index in [1.165, 1.54) is 4.88 Å². The molecule has 0 spiro atoms. The Kier molecular flexibility index (Phi) is 4.97. The van der Waals surface area contributed by atoms with Crippen LogP contribution in [0.25, 0.3) is 0 Å². The van der Waals surface area contributed by atoms with Crippen molar-refractivity contribution in [2.45, 2.75) is 26.6 Å². The van der Waals surface area contributed by atoms with E-state index in [9.17, 15) is 17.6 Å². The van der Waals surface area contributed by atoms with Crippen LogP contribution in [0.5, 0.6) is 0 Å². The number of thiazole rings is 1. The van der Waals surface area contributed by atoms with E-state index in [0.29, 0.717) is 38.4 Å². The largest absolute Gasteiger partial charge is 0.417 e. The average molecular weight is 374 g/mol. The van der Waals surface area contributed by atoms with Crippen LogP contribution in [0.15, 0.2) is 12.3 Å². The van der Waals surface area contributed by atoms with Crippen LogP contribution in [0.4, 0.5) is 23.4 Å². The van der Waals surface area contributed by atoms with E-state index < -0.39 is 17.6 Å². The highest BCUT2D eigenvalue weighted by molar-refractivity contribution is 7.11. The summed E-state index contributed by atoms with van der Waals surface area (Å²) in [5, 5.41) is 1.03. The molecule has 0 atom stereocenters. The number of aryl methyl sites for hydroxylation is 2. The number of pyridine rings is 1. The number of rotatable bonds is 3. The Hall–Kier alpha value is -1.74. The van der Waals surface area contributed by atoms with Gasteiger partial charge in [-0.1, -0.05) is 0 Å². The normalized spacial score (nSPS) is 16.5. The van der Waals surface area contributed by atoms with Crippen LogP contribution >= 0.6 is 11.3 Å². The first-order valence-corrected chi connectivity index (χ1v) is 8.68. The van der Waals surface area contributed by atoms with Gasteiger partial charge in [0.05, 0.1) is 16.3 Å². The van der Waals surface area contributed by atoms with E-state index in [1.54, 1.807) is 16.2 Å². The highest BCUT2D eigenvalue weighted by Gasteiger charge is 2.32. The Bertz CT molecular complexity index is 751. The summed E-state index contributed by atoms with van der Waals surface area (Å²) >= 11 is 1.67. The third-order valence-corrected chi connectivity index (χ3v) is 5.25. The molecule has 0 N–H and O–H groups in total. The predicted octanol–water partition coefficient (Wildman–Crippen LogP) is 3.64. The van der Waals surface area contributed by atoms with Gasteiger partial charge in [-0.15, -0.1) is 11.3 Å². The van der Waals surface area contributed by atoms with Gasteiger partial charge in [-0.2, -0.15) is 13.2 Å². The number of anilines is 1. The van der Waals surface area contributed by atoms with Gasteiger partial charge in [-0.25, -0.2) is 14.4 Å². The molecular formula is C16H18F4N4S. The Morgan fingerprint density at radius 1 is 1.16 bits per heavy atom.